The molecule has 2 amide bonds. The first-order valence-corrected chi connectivity index (χ1v) is 12.9. The standard InChI is InChI=1S/C19H27N5O5S2/c25-18(3-4-23-11-14-30-19(23)26)22-7-5-21(6-8-22)17-2-1-16(15-20-17)31(27,28)24-9-12-29-13-10-24/h1-2,15H,3-14H2. The number of carbonyl (C=O) groups is 2. The molecule has 3 aliphatic rings. The summed E-state index contributed by atoms with van der Waals surface area (Å²) in [6, 6.07) is 3.32. The lowest BCUT2D eigenvalue weighted by Crippen LogP contribution is -2.49. The summed E-state index contributed by atoms with van der Waals surface area (Å²) >= 11 is 1.30. The number of ether oxygens (including phenoxy) is 1. The van der Waals surface area contributed by atoms with Crippen LogP contribution in [-0.2, 0) is 19.6 Å². The van der Waals surface area contributed by atoms with Crippen molar-refractivity contribution in [3.8, 4) is 0 Å². The van der Waals surface area contributed by atoms with Gasteiger partial charge in [-0.2, -0.15) is 4.31 Å². The molecule has 31 heavy (non-hydrogen) atoms. The zero-order valence-corrected chi connectivity index (χ0v) is 18.9. The van der Waals surface area contributed by atoms with Crippen LogP contribution in [0.5, 0.6) is 0 Å². The maximum absolute atomic E-state index is 12.7. The number of aromatic nitrogens is 1. The van der Waals surface area contributed by atoms with Crippen molar-refractivity contribution in [1.82, 2.24) is 19.1 Å². The molecule has 1 aromatic heterocycles. The molecule has 0 N–H and O–H groups in total. The monoisotopic (exact) mass is 469 g/mol. The Balaban J connectivity index is 1.28. The van der Waals surface area contributed by atoms with E-state index in [9.17, 15) is 18.0 Å². The quantitative estimate of drug-likeness (QED) is 0.587. The van der Waals surface area contributed by atoms with Crippen molar-refractivity contribution in [3.05, 3.63) is 18.3 Å². The van der Waals surface area contributed by atoms with Crippen LogP contribution in [0.4, 0.5) is 10.6 Å². The number of pyridine rings is 1. The third-order valence-corrected chi connectivity index (χ3v) is 8.50. The first-order valence-electron chi connectivity index (χ1n) is 10.4. The third kappa shape index (κ3) is 5.13. The molecule has 0 atom stereocenters. The van der Waals surface area contributed by atoms with E-state index in [0.717, 1.165) is 5.75 Å². The number of nitrogens with zero attached hydrogens (tertiary/aromatic N) is 5. The Morgan fingerprint density at radius 3 is 2.42 bits per heavy atom. The van der Waals surface area contributed by atoms with Crippen molar-refractivity contribution in [3.63, 3.8) is 0 Å². The number of amides is 2. The fraction of sp³-hybridized carbons (Fsp3) is 0.632. The summed E-state index contributed by atoms with van der Waals surface area (Å²) in [6.45, 7) is 5.13. The molecule has 0 aromatic carbocycles. The van der Waals surface area contributed by atoms with Gasteiger partial charge in [-0.3, -0.25) is 9.59 Å². The van der Waals surface area contributed by atoms with E-state index in [2.05, 4.69) is 9.88 Å². The lowest BCUT2D eigenvalue weighted by atomic mass is 10.2. The molecule has 4 rings (SSSR count). The molecule has 0 unspecified atom stereocenters. The van der Waals surface area contributed by atoms with Crippen molar-refractivity contribution < 1.29 is 22.7 Å². The number of morpholine rings is 1. The minimum Gasteiger partial charge on any atom is -0.379 e. The number of thioether (sulfide) groups is 1. The minimum absolute atomic E-state index is 0.0581. The molecule has 4 heterocycles. The smallest absolute Gasteiger partial charge is 0.281 e. The number of hydrogen-bond acceptors (Lipinski definition) is 8. The maximum Gasteiger partial charge on any atom is 0.281 e. The maximum atomic E-state index is 12.7. The third-order valence-electron chi connectivity index (χ3n) is 5.73. The second-order valence-electron chi connectivity index (χ2n) is 7.59. The predicted octanol–water partition coefficient (Wildman–Crippen LogP) is 0.310. The molecule has 3 fully saturated rings. The van der Waals surface area contributed by atoms with Gasteiger partial charge in [-0.1, -0.05) is 11.8 Å². The van der Waals surface area contributed by atoms with E-state index in [1.54, 1.807) is 17.0 Å². The van der Waals surface area contributed by atoms with E-state index >= 15 is 0 Å². The Morgan fingerprint density at radius 2 is 1.81 bits per heavy atom. The highest BCUT2D eigenvalue weighted by Gasteiger charge is 2.28. The van der Waals surface area contributed by atoms with Crippen LogP contribution in [-0.4, -0.2) is 110 Å². The van der Waals surface area contributed by atoms with Crippen LogP contribution in [0.15, 0.2) is 23.2 Å². The van der Waals surface area contributed by atoms with Crippen molar-refractivity contribution in [2.24, 2.45) is 0 Å². The average molecular weight is 470 g/mol. The zero-order valence-electron chi connectivity index (χ0n) is 17.3. The van der Waals surface area contributed by atoms with Crippen LogP contribution >= 0.6 is 11.8 Å². The van der Waals surface area contributed by atoms with Gasteiger partial charge in [-0.05, 0) is 12.1 Å². The van der Waals surface area contributed by atoms with Gasteiger partial charge in [0.05, 0.1) is 13.2 Å². The summed E-state index contributed by atoms with van der Waals surface area (Å²) in [7, 11) is -3.56. The second kappa shape index (κ2) is 9.72. The SMILES string of the molecule is O=C(CCN1CCSC1=O)N1CCN(c2ccc(S(=O)(=O)N3CCOCC3)cn2)CC1. The van der Waals surface area contributed by atoms with Gasteiger partial charge in [0.1, 0.15) is 10.7 Å². The van der Waals surface area contributed by atoms with Gasteiger partial charge in [-0.25, -0.2) is 13.4 Å². The van der Waals surface area contributed by atoms with Gasteiger partial charge < -0.3 is 19.4 Å². The van der Waals surface area contributed by atoms with Crippen LogP contribution in [0.2, 0.25) is 0 Å². The summed E-state index contributed by atoms with van der Waals surface area (Å²) in [5, 5.41) is 0.0581. The fourth-order valence-electron chi connectivity index (χ4n) is 3.85. The van der Waals surface area contributed by atoms with E-state index in [1.165, 1.54) is 22.3 Å². The number of piperazine rings is 1. The Morgan fingerprint density at radius 1 is 1.06 bits per heavy atom. The van der Waals surface area contributed by atoms with Gasteiger partial charge in [0.15, 0.2) is 0 Å². The lowest BCUT2D eigenvalue weighted by Gasteiger charge is -2.35. The van der Waals surface area contributed by atoms with Crippen LogP contribution in [0, 0.1) is 0 Å². The molecule has 0 radical (unpaired) electrons. The molecule has 0 spiro atoms. The Bertz CT molecular complexity index is 897. The molecule has 3 aliphatic heterocycles. The van der Waals surface area contributed by atoms with Gasteiger partial charge in [-0.15, -0.1) is 0 Å². The van der Waals surface area contributed by atoms with Gasteiger partial charge in [0.2, 0.25) is 15.9 Å². The number of anilines is 1. The van der Waals surface area contributed by atoms with Gasteiger partial charge in [0.25, 0.3) is 5.24 Å². The molecule has 0 aliphatic carbocycles. The van der Waals surface area contributed by atoms with Crippen LogP contribution in [0.25, 0.3) is 0 Å². The topological polar surface area (TPSA) is 103 Å². The Labute approximate surface area is 186 Å². The lowest BCUT2D eigenvalue weighted by molar-refractivity contribution is -0.131. The zero-order chi connectivity index (χ0) is 21.8. The number of carbonyl (C=O) groups excluding carboxylic acids is 2. The van der Waals surface area contributed by atoms with Crippen LogP contribution in [0.1, 0.15) is 6.42 Å². The first-order chi connectivity index (χ1) is 14.9. The van der Waals surface area contributed by atoms with E-state index in [-0.39, 0.29) is 16.0 Å². The van der Waals surface area contributed by atoms with Crippen molar-refractivity contribution in [2.45, 2.75) is 11.3 Å². The molecule has 10 nitrogen and oxygen atoms in total. The molecular weight excluding hydrogens is 442 g/mol. The fourth-order valence-corrected chi connectivity index (χ4v) is 6.06. The summed E-state index contributed by atoms with van der Waals surface area (Å²) in [6.07, 6.45) is 1.75. The minimum atomic E-state index is -3.56. The molecule has 12 heteroatoms. The molecule has 0 saturated carbocycles. The van der Waals surface area contributed by atoms with Crippen LogP contribution in [0.3, 0.4) is 0 Å². The second-order valence-corrected chi connectivity index (χ2v) is 10.6. The van der Waals surface area contributed by atoms with Crippen molar-refractivity contribution in [1.29, 1.82) is 0 Å². The largest absolute Gasteiger partial charge is 0.379 e. The van der Waals surface area contributed by atoms with Crippen LogP contribution < -0.4 is 4.90 Å². The van der Waals surface area contributed by atoms with Crippen molar-refractivity contribution in [2.75, 3.05) is 76.2 Å². The molecule has 0 bridgehead atoms. The van der Waals surface area contributed by atoms with E-state index in [4.69, 9.17) is 4.74 Å². The highest BCUT2D eigenvalue weighted by molar-refractivity contribution is 8.13. The highest BCUT2D eigenvalue weighted by atomic mass is 32.2. The molecular formula is C19H27N5O5S2. The van der Waals surface area contributed by atoms with E-state index in [1.807, 2.05) is 4.90 Å². The normalized spacial score (nSPS) is 21.0. The summed E-state index contributed by atoms with van der Waals surface area (Å²) in [5.41, 5.74) is 0. The van der Waals surface area contributed by atoms with Gasteiger partial charge in [0, 0.05) is 70.7 Å². The summed E-state index contributed by atoms with van der Waals surface area (Å²) < 4.78 is 32.1. The number of hydrogen-bond donors (Lipinski definition) is 0. The Hall–Kier alpha value is -1.89. The highest BCUT2D eigenvalue weighted by Crippen LogP contribution is 2.21. The van der Waals surface area contributed by atoms with Crippen molar-refractivity contribution >= 4 is 38.7 Å². The molecule has 3 saturated heterocycles. The summed E-state index contributed by atoms with van der Waals surface area (Å²) in [5.74, 6) is 1.56. The Kier molecular flexibility index (Phi) is 6.99. The number of rotatable bonds is 6. The van der Waals surface area contributed by atoms with Gasteiger partial charge >= 0.3 is 0 Å². The predicted molar refractivity (Wildman–Crippen MR) is 117 cm³/mol. The molecule has 170 valence electrons. The van der Waals surface area contributed by atoms with E-state index in [0.29, 0.717) is 77.8 Å². The van der Waals surface area contributed by atoms with E-state index < -0.39 is 10.0 Å². The average Bonchev–Trinajstić information content (AvgIpc) is 3.23. The first kappa shape index (κ1) is 22.3. The number of sulfonamides is 1. The molecule has 1 aromatic rings. The summed E-state index contributed by atoms with van der Waals surface area (Å²) in [4.78, 5) is 34.3.